The second-order valence-electron chi connectivity index (χ2n) is 4.40. The summed E-state index contributed by atoms with van der Waals surface area (Å²) in [4.78, 5) is 11.7. The summed E-state index contributed by atoms with van der Waals surface area (Å²) in [6.07, 6.45) is 0. The van der Waals surface area contributed by atoms with Crippen LogP contribution in [0, 0.1) is 0 Å². The van der Waals surface area contributed by atoms with Gasteiger partial charge in [-0.3, -0.25) is 4.79 Å². The second-order valence-corrected chi connectivity index (χ2v) is 4.40. The Kier molecular flexibility index (Phi) is 6.83. The van der Waals surface area contributed by atoms with Crippen molar-refractivity contribution in [2.24, 2.45) is 5.73 Å². The summed E-state index contributed by atoms with van der Waals surface area (Å²) in [5.74, 6) is 0.865. The lowest BCUT2D eigenvalue weighted by atomic mass is 10.2. The van der Waals surface area contributed by atoms with Crippen LogP contribution >= 0.6 is 0 Å². The standard InChI is InChI=1S/C14H22N2O4/c1-10(8-18-2)16-14(17)9-20-12-5-4-11(7-15)6-13(12)19-3/h4-6,10H,7-9,15H2,1-3H3,(H,16,17). The number of carbonyl (C=O) groups is 1. The van der Waals surface area contributed by atoms with Gasteiger partial charge in [0.2, 0.25) is 0 Å². The van der Waals surface area contributed by atoms with Gasteiger partial charge >= 0.3 is 0 Å². The van der Waals surface area contributed by atoms with E-state index in [1.54, 1.807) is 26.4 Å². The van der Waals surface area contributed by atoms with Gasteiger partial charge in [-0.15, -0.1) is 0 Å². The molecule has 0 fully saturated rings. The molecular formula is C14H22N2O4. The lowest BCUT2D eigenvalue weighted by Crippen LogP contribution is -2.38. The summed E-state index contributed by atoms with van der Waals surface area (Å²) >= 11 is 0. The van der Waals surface area contributed by atoms with Gasteiger partial charge < -0.3 is 25.3 Å². The number of carbonyl (C=O) groups excluding carboxylic acids is 1. The van der Waals surface area contributed by atoms with Gasteiger partial charge in [-0.2, -0.15) is 0 Å². The number of nitrogens with one attached hydrogen (secondary N) is 1. The summed E-state index contributed by atoms with van der Waals surface area (Å²) in [5, 5.41) is 2.76. The van der Waals surface area contributed by atoms with E-state index in [0.29, 0.717) is 24.7 Å². The van der Waals surface area contributed by atoms with E-state index in [2.05, 4.69) is 5.32 Å². The van der Waals surface area contributed by atoms with Crippen LogP contribution in [0.25, 0.3) is 0 Å². The fourth-order valence-corrected chi connectivity index (χ4v) is 1.71. The number of hydrogen-bond acceptors (Lipinski definition) is 5. The van der Waals surface area contributed by atoms with Crippen molar-refractivity contribution in [2.45, 2.75) is 19.5 Å². The van der Waals surface area contributed by atoms with Gasteiger partial charge in [0.15, 0.2) is 18.1 Å². The first kappa shape index (κ1) is 16.3. The molecule has 3 N–H and O–H groups in total. The first-order valence-corrected chi connectivity index (χ1v) is 6.38. The molecular weight excluding hydrogens is 260 g/mol. The molecule has 1 atom stereocenters. The minimum absolute atomic E-state index is 0.0578. The zero-order valence-electron chi connectivity index (χ0n) is 12.1. The molecule has 0 saturated carbocycles. The van der Waals surface area contributed by atoms with E-state index in [1.807, 2.05) is 13.0 Å². The van der Waals surface area contributed by atoms with Crippen LogP contribution in [0.5, 0.6) is 11.5 Å². The van der Waals surface area contributed by atoms with Crippen molar-refractivity contribution < 1.29 is 19.0 Å². The van der Waals surface area contributed by atoms with Crippen molar-refractivity contribution in [3.8, 4) is 11.5 Å². The van der Waals surface area contributed by atoms with E-state index in [1.165, 1.54) is 0 Å². The Morgan fingerprint density at radius 2 is 2.10 bits per heavy atom. The molecule has 1 aromatic carbocycles. The Morgan fingerprint density at radius 3 is 2.70 bits per heavy atom. The van der Waals surface area contributed by atoms with Gasteiger partial charge in [0.1, 0.15) is 0 Å². The Balaban J connectivity index is 2.54. The minimum atomic E-state index is -0.209. The third-order valence-corrected chi connectivity index (χ3v) is 2.65. The summed E-state index contributed by atoms with van der Waals surface area (Å²) < 4.78 is 15.6. The fourth-order valence-electron chi connectivity index (χ4n) is 1.71. The van der Waals surface area contributed by atoms with Gasteiger partial charge in [-0.1, -0.05) is 6.07 Å². The van der Waals surface area contributed by atoms with E-state index < -0.39 is 0 Å². The number of methoxy groups -OCH3 is 2. The zero-order valence-corrected chi connectivity index (χ0v) is 12.1. The first-order valence-electron chi connectivity index (χ1n) is 6.38. The normalized spacial score (nSPS) is 11.8. The summed E-state index contributed by atoms with van der Waals surface area (Å²) in [6.45, 7) is 2.66. The first-order chi connectivity index (χ1) is 9.60. The van der Waals surface area contributed by atoms with Crippen LogP contribution in [-0.2, 0) is 16.1 Å². The van der Waals surface area contributed by atoms with Gasteiger partial charge in [0.25, 0.3) is 5.91 Å². The molecule has 1 rings (SSSR count). The third-order valence-electron chi connectivity index (χ3n) is 2.65. The van der Waals surface area contributed by atoms with Gasteiger partial charge in [0, 0.05) is 19.7 Å². The van der Waals surface area contributed by atoms with Gasteiger partial charge in [-0.05, 0) is 24.6 Å². The van der Waals surface area contributed by atoms with Crippen molar-refractivity contribution in [2.75, 3.05) is 27.4 Å². The monoisotopic (exact) mass is 282 g/mol. The molecule has 1 amide bonds. The maximum atomic E-state index is 11.7. The van der Waals surface area contributed by atoms with Crippen molar-refractivity contribution in [3.63, 3.8) is 0 Å². The highest BCUT2D eigenvalue weighted by Gasteiger charge is 2.10. The van der Waals surface area contributed by atoms with E-state index in [9.17, 15) is 4.79 Å². The highest BCUT2D eigenvalue weighted by Crippen LogP contribution is 2.27. The molecule has 112 valence electrons. The largest absolute Gasteiger partial charge is 0.493 e. The van der Waals surface area contributed by atoms with E-state index in [-0.39, 0.29) is 18.6 Å². The summed E-state index contributed by atoms with van der Waals surface area (Å²) in [7, 11) is 3.13. The smallest absolute Gasteiger partial charge is 0.258 e. The number of hydrogen-bond donors (Lipinski definition) is 2. The van der Waals surface area contributed by atoms with Crippen molar-refractivity contribution in [1.82, 2.24) is 5.32 Å². The molecule has 0 aliphatic heterocycles. The SMILES string of the molecule is COCC(C)NC(=O)COc1ccc(CN)cc1OC. The maximum absolute atomic E-state index is 11.7. The lowest BCUT2D eigenvalue weighted by molar-refractivity contribution is -0.124. The predicted octanol–water partition coefficient (Wildman–Crippen LogP) is 0.684. The molecule has 0 bridgehead atoms. The fraction of sp³-hybridized carbons (Fsp3) is 0.500. The Bertz CT molecular complexity index is 437. The molecule has 0 aliphatic carbocycles. The van der Waals surface area contributed by atoms with Crippen LogP contribution in [0.1, 0.15) is 12.5 Å². The van der Waals surface area contributed by atoms with Crippen LogP contribution in [0.2, 0.25) is 0 Å². The predicted molar refractivity (Wildman–Crippen MR) is 75.9 cm³/mol. The highest BCUT2D eigenvalue weighted by molar-refractivity contribution is 5.77. The number of benzene rings is 1. The average molecular weight is 282 g/mol. The Morgan fingerprint density at radius 1 is 1.35 bits per heavy atom. The summed E-state index contributed by atoms with van der Waals surface area (Å²) in [5.41, 5.74) is 6.49. The van der Waals surface area contributed by atoms with Crippen molar-refractivity contribution in [3.05, 3.63) is 23.8 Å². The zero-order chi connectivity index (χ0) is 15.0. The molecule has 6 nitrogen and oxygen atoms in total. The molecule has 0 heterocycles. The molecule has 0 spiro atoms. The molecule has 1 aromatic rings. The van der Waals surface area contributed by atoms with Crippen molar-refractivity contribution >= 4 is 5.91 Å². The van der Waals surface area contributed by atoms with Crippen LogP contribution in [0.3, 0.4) is 0 Å². The lowest BCUT2D eigenvalue weighted by Gasteiger charge is -2.14. The number of amides is 1. The number of rotatable bonds is 8. The Hall–Kier alpha value is -1.79. The molecule has 0 aliphatic rings. The molecule has 0 radical (unpaired) electrons. The molecule has 0 saturated heterocycles. The summed E-state index contributed by atoms with van der Waals surface area (Å²) in [6, 6.07) is 5.31. The van der Waals surface area contributed by atoms with Crippen LogP contribution in [0.15, 0.2) is 18.2 Å². The molecule has 20 heavy (non-hydrogen) atoms. The highest BCUT2D eigenvalue weighted by atomic mass is 16.5. The van der Waals surface area contributed by atoms with Gasteiger partial charge in [-0.25, -0.2) is 0 Å². The van der Waals surface area contributed by atoms with E-state index in [0.717, 1.165) is 5.56 Å². The average Bonchev–Trinajstić information content (AvgIpc) is 2.45. The number of ether oxygens (including phenoxy) is 3. The van der Waals surface area contributed by atoms with Gasteiger partial charge in [0.05, 0.1) is 13.7 Å². The molecule has 0 aromatic heterocycles. The van der Waals surface area contributed by atoms with Crippen LogP contribution < -0.4 is 20.5 Å². The quantitative estimate of drug-likeness (QED) is 0.733. The Labute approximate surface area is 119 Å². The maximum Gasteiger partial charge on any atom is 0.258 e. The van der Waals surface area contributed by atoms with E-state index in [4.69, 9.17) is 19.9 Å². The van der Waals surface area contributed by atoms with Crippen LogP contribution in [-0.4, -0.2) is 39.4 Å². The van der Waals surface area contributed by atoms with Crippen LogP contribution in [0.4, 0.5) is 0 Å². The topological polar surface area (TPSA) is 82.8 Å². The van der Waals surface area contributed by atoms with E-state index >= 15 is 0 Å². The third kappa shape index (κ3) is 5.07. The van der Waals surface area contributed by atoms with Crippen molar-refractivity contribution in [1.29, 1.82) is 0 Å². The second kappa shape index (κ2) is 8.39. The number of nitrogens with two attached hydrogens (primary N) is 1. The molecule has 1 unspecified atom stereocenters. The molecule has 6 heteroatoms. The minimum Gasteiger partial charge on any atom is -0.493 e.